The van der Waals surface area contributed by atoms with Crippen LogP contribution < -0.4 is 10.6 Å². The zero-order valence-electron chi connectivity index (χ0n) is 5.98. The molecule has 0 aliphatic rings. The summed E-state index contributed by atoms with van der Waals surface area (Å²) >= 11 is 0. The Morgan fingerprint density at radius 1 is 0.875 bits per heavy atom. The Hall–Kier alpha value is -0.0800. The maximum Gasteiger partial charge on any atom is 0.125 e. The van der Waals surface area contributed by atoms with Crippen LogP contribution in [0.15, 0.2) is 0 Å². The average molecular weight is 118 g/mol. The molecule has 50 valence electrons. The van der Waals surface area contributed by atoms with E-state index in [-0.39, 0.29) is 0 Å². The summed E-state index contributed by atoms with van der Waals surface area (Å²) in [7, 11) is 0. The Labute approximate surface area is 51.7 Å². The van der Waals surface area contributed by atoms with Crippen molar-refractivity contribution in [1.29, 1.82) is 0 Å². The minimum absolute atomic E-state index is 1.22. The maximum atomic E-state index is 2.33. The van der Waals surface area contributed by atoms with Crippen molar-refractivity contribution in [1.82, 2.24) is 0 Å². The van der Waals surface area contributed by atoms with Gasteiger partial charge in [-0.25, -0.2) is 0 Å². The van der Waals surface area contributed by atoms with Gasteiger partial charge >= 0.3 is 0 Å². The predicted molar refractivity (Wildman–Crippen MR) is 34.7 cm³/mol. The van der Waals surface area contributed by atoms with Gasteiger partial charge in [-0.15, -0.1) is 0 Å². The molecule has 0 atom stereocenters. The molecule has 0 aliphatic carbocycles. The van der Waals surface area contributed by atoms with E-state index in [0.717, 1.165) is 0 Å². The second-order valence-corrected chi connectivity index (χ2v) is 1.97. The SMILES string of the molecule is CC[NH2+]CC[NH2+]CC. The van der Waals surface area contributed by atoms with Crippen LogP contribution >= 0.6 is 0 Å². The van der Waals surface area contributed by atoms with Crippen LogP contribution in [0.4, 0.5) is 0 Å². The van der Waals surface area contributed by atoms with E-state index >= 15 is 0 Å². The van der Waals surface area contributed by atoms with Crippen LogP contribution in [0.25, 0.3) is 0 Å². The summed E-state index contributed by atoms with van der Waals surface area (Å²) in [6.45, 7) is 9.35. The molecule has 2 nitrogen and oxygen atoms in total. The minimum atomic E-state index is 1.22. The van der Waals surface area contributed by atoms with Crippen molar-refractivity contribution in [2.24, 2.45) is 0 Å². The van der Waals surface area contributed by atoms with Crippen molar-refractivity contribution in [3.8, 4) is 0 Å². The molecule has 0 aromatic carbocycles. The van der Waals surface area contributed by atoms with Gasteiger partial charge in [-0.2, -0.15) is 0 Å². The standard InChI is InChI=1S/C6H16N2/c1-3-7-5-6-8-4-2/h7-8H,3-6H2,1-2H3/p+2. The summed E-state index contributed by atoms with van der Waals surface area (Å²) in [5.74, 6) is 0. The zero-order chi connectivity index (χ0) is 6.24. The lowest BCUT2D eigenvalue weighted by Crippen LogP contribution is -2.94. The van der Waals surface area contributed by atoms with Crippen LogP contribution in [0.1, 0.15) is 13.8 Å². The molecule has 2 heteroatoms. The lowest BCUT2D eigenvalue weighted by Gasteiger charge is -1.94. The molecule has 0 heterocycles. The second kappa shape index (κ2) is 6.92. The van der Waals surface area contributed by atoms with E-state index in [1.165, 1.54) is 26.2 Å². The van der Waals surface area contributed by atoms with Crippen molar-refractivity contribution in [3.05, 3.63) is 0 Å². The number of hydrogen-bond acceptors (Lipinski definition) is 0. The normalized spacial score (nSPS) is 9.75. The van der Waals surface area contributed by atoms with E-state index in [2.05, 4.69) is 24.5 Å². The minimum Gasteiger partial charge on any atom is -0.342 e. The molecule has 0 radical (unpaired) electrons. The van der Waals surface area contributed by atoms with Crippen LogP contribution in [0.3, 0.4) is 0 Å². The molecule has 0 saturated carbocycles. The van der Waals surface area contributed by atoms with Crippen molar-refractivity contribution < 1.29 is 10.6 Å². The fraction of sp³-hybridized carbons (Fsp3) is 1.00. The van der Waals surface area contributed by atoms with E-state index in [0.29, 0.717) is 0 Å². The summed E-state index contributed by atoms with van der Waals surface area (Å²) in [5, 5.41) is 4.65. The third kappa shape index (κ3) is 5.92. The summed E-state index contributed by atoms with van der Waals surface area (Å²) in [5.41, 5.74) is 0. The first-order valence-electron chi connectivity index (χ1n) is 3.55. The molecule has 0 aromatic heterocycles. The molecule has 0 amide bonds. The third-order valence-electron chi connectivity index (χ3n) is 1.15. The quantitative estimate of drug-likeness (QED) is 0.398. The van der Waals surface area contributed by atoms with Crippen LogP contribution in [-0.2, 0) is 0 Å². The van der Waals surface area contributed by atoms with E-state index in [9.17, 15) is 0 Å². The van der Waals surface area contributed by atoms with Gasteiger partial charge in [-0.1, -0.05) is 0 Å². The van der Waals surface area contributed by atoms with Crippen molar-refractivity contribution >= 4 is 0 Å². The Balaban J connectivity index is 2.53. The van der Waals surface area contributed by atoms with E-state index in [4.69, 9.17) is 0 Å². The number of nitrogens with two attached hydrogens (primary N) is 2. The van der Waals surface area contributed by atoms with Crippen molar-refractivity contribution in [3.63, 3.8) is 0 Å². The summed E-state index contributed by atoms with van der Waals surface area (Å²) in [6.07, 6.45) is 0. The lowest BCUT2D eigenvalue weighted by atomic mass is 10.6. The van der Waals surface area contributed by atoms with Gasteiger partial charge in [-0.05, 0) is 13.8 Å². The van der Waals surface area contributed by atoms with Gasteiger partial charge in [0.05, 0.1) is 13.1 Å². The highest BCUT2D eigenvalue weighted by Gasteiger charge is 1.85. The van der Waals surface area contributed by atoms with Gasteiger partial charge in [0.15, 0.2) is 0 Å². The second-order valence-electron chi connectivity index (χ2n) is 1.97. The smallest absolute Gasteiger partial charge is 0.125 e. The highest BCUT2D eigenvalue weighted by atomic mass is 14.9. The topological polar surface area (TPSA) is 33.2 Å². The fourth-order valence-corrected chi connectivity index (χ4v) is 0.644. The molecular formula is C6H18N2+2. The van der Waals surface area contributed by atoms with Gasteiger partial charge in [0, 0.05) is 0 Å². The Morgan fingerprint density at radius 2 is 1.25 bits per heavy atom. The first-order valence-corrected chi connectivity index (χ1v) is 3.55. The molecule has 0 bridgehead atoms. The van der Waals surface area contributed by atoms with Crippen LogP contribution in [0.5, 0.6) is 0 Å². The Bertz CT molecular complexity index is 31.5. The summed E-state index contributed by atoms with van der Waals surface area (Å²) < 4.78 is 0. The first kappa shape index (κ1) is 7.92. The van der Waals surface area contributed by atoms with Crippen molar-refractivity contribution in [2.45, 2.75) is 13.8 Å². The highest BCUT2D eigenvalue weighted by Crippen LogP contribution is 1.34. The molecule has 0 aliphatic heterocycles. The molecule has 8 heavy (non-hydrogen) atoms. The predicted octanol–water partition coefficient (Wildman–Crippen LogP) is -1.85. The highest BCUT2D eigenvalue weighted by molar-refractivity contribution is 4.12. The fourth-order valence-electron chi connectivity index (χ4n) is 0.644. The Morgan fingerprint density at radius 3 is 1.50 bits per heavy atom. The van der Waals surface area contributed by atoms with Crippen molar-refractivity contribution in [2.75, 3.05) is 26.2 Å². The molecule has 0 fully saturated rings. The molecular weight excluding hydrogens is 100 g/mol. The zero-order valence-corrected chi connectivity index (χ0v) is 5.98. The molecule has 0 unspecified atom stereocenters. The van der Waals surface area contributed by atoms with Gasteiger partial charge < -0.3 is 10.6 Å². The lowest BCUT2D eigenvalue weighted by molar-refractivity contribution is -0.720. The van der Waals surface area contributed by atoms with Gasteiger partial charge in [0.25, 0.3) is 0 Å². The van der Waals surface area contributed by atoms with E-state index < -0.39 is 0 Å². The molecule has 0 aromatic rings. The Kier molecular flexibility index (Phi) is 6.85. The van der Waals surface area contributed by atoms with Gasteiger partial charge in [0.2, 0.25) is 0 Å². The third-order valence-corrected chi connectivity index (χ3v) is 1.15. The van der Waals surface area contributed by atoms with E-state index in [1.807, 2.05) is 0 Å². The maximum absolute atomic E-state index is 2.33. The average Bonchev–Trinajstić information content (AvgIpc) is 1.81. The number of likely N-dealkylation sites (N-methyl/N-ethyl adjacent to an activating group) is 2. The summed E-state index contributed by atoms with van der Waals surface area (Å²) in [4.78, 5) is 0. The van der Waals surface area contributed by atoms with Crippen LogP contribution in [-0.4, -0.2) is 26.2 Å². The van der Waals surface area contributed by atoms with Crippen LogP contribution in [0.2, 0.25) is 0 Å². The first-order chi connectivity index (χ1) is 3.91. The van der Waals surface area contributed by atoms with Gasteiger partial charge in [0.1, 0.15) is 13.1 Å². The number of hydrogen-bond donors (Lipinski definition) is 2. The van der Waals surface area contributed by atoms with Crippen LogP contribution in [0, 0.1) is 0 Å². The molecule has 0 rings (SSSR count). The van der Waals surface area contributed by atoms with Gasteiger partial charge in [-0.3, -0.25) is 0 Å². The van der Waals surface area contributed by atoms with E-state index in [1.54, 1.807) is 0 Å². The monoisotopic (exact) mass is 118 g/mol. The molecule has 0 saturated heterocycles. The summed E-state index contributed by atoms with van der Waals surface area (Å²) in [6, 6.07) is 0. The molecule has 0 spiro atoms. The number of quaternary nitrogens is 2. The largest absolute Gasteiger partial charge is 0.342 e. The molecule has 4 N–H and O–H groups in total. The number of rotatable bonds is 5.